The lowest BCUT2D eigenvalue weighted by molar-refractivity contribution is -0.128. The van der Waals surface area contributed by atoms with Gasteiger partial charge in [-0.25, -0.2) is 0 Å². The average molecular weight is 315 g/mol. The van der Waals surface area contributed by atoms with E-state index in [4.69, 9.17) is 9.26 Å². The number of methoxy groups -OCH3 is 1. The Morgan fingerprint density at radius 2 is 2.30 bits per heavy atom. The van der Waals surface area contributed by atoms with Crippen LogP contribution in [0.2, 0.25) is 0 Å². The zero-order chi connectivity index (χ0) is 16.2. The number of rotatable bonds is 6. The standard InChI is InChI=1S/C17H21N3O3/c1-3-5-15-18-17(23-19-15)13-9-16(21)20(11-13)10-12-6-4-7-14(8-12)22-2/h4,6-8,13H,3,5,9-11H2,1-2H3. The van der Waals surface area contributed by atoms with Crippen LogP contribution in [0.5, 0.6) is 5.75 Å². The maximum absolute atomic E-state index is 12.3. The third-order valence-electron chi connectivity index (χ3n) is 4.03. The molecule has 0 spiro atoms. The first-order valence-corrected chi connectivity index (χ1v) is 7.92. The van der Waals surface area contributed by atoms with Crippen molar-refractivity contribution in [3.63, 3.8) is 0 Å². The van der Waals surface area contributed by atoms with Crippen molar-refractivity contribution in [1.29, 1.82) is 0 Å². The minimum atomic E-state index is -0.00814. The lowest BCUT2D eigenvalue weighted by Gasteiger charge is -2.16. The molecule has 1 aromatic heterocycles. The van der Waals surface area contributed by atoms with Crippen molar-refractivity contribution in [2.75, 3.05) is 13.7 Å². The quantitative estimate of drug-likeness (QED) is 0.819. The molecule has 1 amide bonds. The van der Waals surface area contributed by atoms with Gasteiger partial charge in [0, 0.05) is 25.9 Å². The van der Waals surface area contributed by atoms with Crippen LogP contribution >= 0.6 is 0 Å². The molecule has 3 rings (SSSR count). The molecule has 2 aromatic rings. The normalized spacial score (nSPS) is 17.7. The predicted octanol–water partition coefficient (Wildman–Crippen LogP) is 2.55. The van der Waals surface area contributed by atoms with Gasteiger partial charge in [0.1, 0.15) is 5.75 Å². The van der Waals surface area contributed by atoms with Gasteiger partial charge in [0.15, 0.2) is 5.82 Å². The predicted molar refractivity (Wildman–Crippen MR) is 84.1 cm³/mol. The Kier molecular flexibility index (Phi) is 4.60. The van der Waals surface area contributed by atoms with Gasteiger partial charge in [-0.15, -0.1) is 0 Å². The minimum absolute atomic E-state index is 0.00814. The first kappa shape index (κ1) is 15.5. The summed E-state index contributed by atoms with van der Waals surface area (Å²) in [5.41, 5.74) is 1.05. The van der Waals surface area contributed by atoms with Gasteiger partial charge in [0.25, 0.3) is 0 Å². The number of aryl methyl sites for hydroxylation is 1. The highest BCUT2D eigenvalue weighted by molar-refractivity contribution is 5.79. The third-order valence-corrected chi connectivity index (χ3v) is 4.03. The van der Waals surface area contributed by atoms with Crippen molar-refractivity contribution in [3.8, 4) is 5.75 Å². The molecular formula is C17H21N3O3. The Morgan fingerprint density at radius 1 is 1.43 bits per heavy atom. The number of carbonyl (C=O) groups is 1. The summed E-state index contributed by atoms with van der Waals surface area (Å²) in [6, 6.07) is 7.77. The van der Waals surface area contributed by atoms with Crippen LogP contribution < -0.4 is 4.74 Å². The fourth-order valence-electron chi connectivity index (χ4n) is 2.84. The van der Waals surface area contributed by atoms with Gasteiger partial charge >= 0.3 is 0 Å². The molecule has 1 aromatic carbocycles. The highest BCUT2D eigenvalue weighted by Gasteiger charge is 2.34. The van der Waals surface area contributed by atoms with Gasteiger partial charge in [-0.05, 0) is 24.1 Å². The molecule has 1 aliphatic heterocycles. The van der Waals surface area contributed by atoms with Crippen LogP contribution in [-0.4, -0.2) is 34.6 Å². The summed E-state index contributed by atoms with van der Waals surface area (Å²) in [6.07, 6.45) is 2.21. The summed E-state index contributed by atoms with van der Waals surface area (Å²) in [4.78, 5) is 18.5. The van der Waals surface area contributed by atoms with Crippen molar-refractivity contribution < 1.29 is 14.1 Å². The van der Waals surface area contributed by atoms with Crippen LogP contribution in [0.4, 0.5) is 0 Å². The Bertz CT molecular complexity index is 683. The van der Waals surface area contributed by atoms with Crippen molar-refractivity contribution in [3.05, 3.63) is 41.5 Å². The smallest absolute Gasteiger partial charge is 0.232 e. The largest absolute Gasteiger partial charge is 0.497 e. The lowest BCUT2D eigenvalue weighted by atomic mass is 10.1. The Morgan fingerprint density at radius 3 is 3.09 bits per heavy atom. The average Bonchev–Trinajstić information content (AvgIpc) is 3.15. The summed E-state index contributed by atoms with van der Waals surface area (Å²) in [5, 5.41) is 3.97. The van der Waals surface area contributed by atoms with Crippen LogP contribution in [-0.2, 0) is 17.8 Å². The van der Waals surface area contributed by atoms with Crippen molar-refractivity contribution in [2.24, 2.45) is 0 Å². The first-order valence-electron chi connectivity index (χ1n) is 7.92. The molecule has 0 radical (unpaired) electrons. The molecule has 23 heavy (non-hydrogen) atoms. The van der Waals surface area contributed by atoms with Crippen molar-refractivity contribution in [2.45, 2.75) is 38.6 Å². The molecule has 0 bridgehead atoms. The van der Waals surface area contributed by atoms with E-state index in [-0.39, 0.29) is 11.8 Å². The summed E-state index contributed by atoms with van der Waals surface area (Å²) in [5.74, 6) is 2.21. The van der Waals surface area contributed by atoms with E-state index >= 15 is 0 Å². The fourth-order valence-corrected chi connectivity index (χ4v) is 2.84. The lowest BCUT2D eigenvalue weighted by Crippen LogP contribution is -2.24. The number of hydrogen-bond acceptors (Lipinski definition) is 5. The van der Waals surface area contributed by atoms with Gasteiger partial charge in [-0.2, -0.15) is 4.98 Å². The molecule has 2 heterocycles. The molecule has 6 heteroatoms. The SMILES string of the molecule is CCCc1noc(C2CC(=O)N(Cc3cccc(OC)c3)C2)n1. The maximum atomic E-state index is 12.3. The van der Waals surface area contributed by atoms with E-state index in [1.165, 1.54) is 0 Å². The number of benzene rings is 1. The highest BCUT2D eigenvalue weighted by atomic mass is 16.5. The summed E-state index contributed by atoms with van der Waals surface area (Å²) in [7, 11) is 1.64. The van der Waals surface area contributed by atoms with Gasteiger partial charge in [0.05, 0.1) is 13.0 Å². The molecule has 1 atom stereocenters. The zero-order valence-corrected chi connectivity index (χ0v) is 13.5. The Balaban J connectivity index is 1.66. The molecule has 0 saturated carbocycles. The van der Waals surface area contributed by atoms with Crippen LogP contribution in [0.3, 0.4) is 0 Å². The van der Waals surface area contributed by atoms with E-state index in [0.29, 0.717) is 25.4 Å². The van der Waals surface area contributed by atoms with E-state index < -0.39 is 0 Å². The molecule has 1 unspecified atom stereocenters. The number of amides is 1. The molecule has 1 aliphatic rings. The number of likely N-dealkylation sites (tertiary alicyclic amines) is 1. The summed E-state index contributed by atoms with van der Waals surface area (Å²) >= 11 is 0. The van der Waals surface area contributed by atoms with Crippen LogP contribution in [0.25, 0.3) is 0 Å². The second-order valence-electron chi connectivity index (χ2n) is 5.83. The summed E-state index contributed by atoms with van der Waals surface area (Å²) < 4.78 is 10.6. The molecule has 1 saturated heterocycles. The summed E-state index contributed by atoms with van der Waals surface area (Å²) in [6.45, 7) is 3.26. The highest BCUT2D eigenvalue weighted by Crippen LogP contribution is 2.28. The molecule has 0 N–H and O–H groups in total. The van der Waals surface area contributed by atoms with E-state index in [2.05, 4.69) is 17.1 Å². The van der Waals surface area contributed by atoms with E-state index in [1.54, 1.807) is 7.11 Å². The van der Waals surface area contributed by atoms with Crippen molar-refractivity contribution in [1.82, 2.24) is 15.0 Å². The Labute approximate surface area is 135 Å². The molecular weight excluding hydrogens is 294 g/mol. The van der Waals surface area contributed by atoms with Gasteiger partial charge in [-0.3, -0.25) is 4.79 Å². The fraction of sp³-hybridized carbons (Fsp3) is 0.471. The second kappa shape index (κ2) is 6.81. The number of ether oxygens (including phenoxy) is 1. The number of aromatic nitrogens is 2. The minimum Gasteiger partial charge on any atom is -0.497 e. The van der Waals surface area contributed by atoms with E-state index in [1.807, 2.05) is 29.2 Å². The molecule has 0 aliphatic carbocycles. The Hall–Kier alpha value is -2.37. The van der Waals surface area contributed by atoms with Crippen LogP contribution in [0, 0.1) is 0 Å². The van der Waals surface area contributed by atoms with E-state index in [9.17, 15) is 4.79 Å². The zero-order valence-electron chi connectivity index (χ0n) is 13.5. The van der Waals surface area contributed by atoms with Crippen LogP contribution in [0.1, 0.15) is 43.0 Å². The third kappa shape index (κ3) is 3.52. The van der Waals surface area contributed by atoms with Crippen molar-refractivity contribution >= 4 is 5.91 Å². The van der Waals surface area contributed by atoms with Crippen LogP contribution in [0.15, 0.2) is 28.8 Å². The first-order chi connectivity index (χ1) is 11.2. The molecule has 6 nitrogen and oxygen atoms in total. The number of carbonyl (C=O) groups excluding carboxylic acids is 1. The number of hydrogen-bond donors (Lipinski definition) is 0. The van der Waals surface area contributed by atoms with Gasteiger partial charge in [-0.1, -0.05) is 24.2 Å². The topological polar surface area (TPSA) is 68.5 Å². The monoisotopic (exact) mass is 315 g/mol. The molecule has 122 valence electrons. The second-order valence-corrected chi connectivity index (χ2v) is 5.83. The van der Waals surface area contributed by atoms with Gasteiger partial charge < -0.3 is 14.2 Å². The number of nitrogens with zero attached hydrogens (tertiary/aromatic N) is 3. The van der Waals surface area contributed by atoms with E-state index in [0.717, 1.165) is 30.0 Å². The van der Waals surface area contributed by atoms with Gasteiger partial charge in [0.2, 0.25) is 11.8 Å². The molecule has 1 fully saturated rings. The maximum Gasteiger partial charge on any atom is 0.232 e.